The van der Waals surface area contributed by atoms with Gasteiger partial charge in [0.05, 0.1) is 11.9 Å². The third-order valence-electron chi connectivity index (χ3n) is 5.18. The molecule has 184 valence electrons. The number of amides is 2. The van der Waals surface area contributed by atoms with Gasteiger partial charge in [0, 0.05) is 37.6 Å². The van der Waals surface area contributed by atoms with Gasteiger partial charge in [-0.1, -0.05) is 23.7 Å². The molecule has 3 aromatic rings. The second kappa shape index (κ2) is 10.7. The Balaban J connectivity index is 1.38. The van der Waals surface area contributed by atoms with Crippen molar-refractivity contribution >= 4 is 29.1 Å². The average molecular weight is 508 g/mol. The zero-order chi connectivity index (χ0) is 24.8. The van der Waals surface area contributed by atoms with Gasteiger partial charge in [-0.25, -0.2) is 9.78 Å². The Hall–Kier alpha value is -3.73. The fourth-order valence-corrected chi connectivity index (χ4v) is 3.87. The molecule has 0 bridgehead atoms. The molecule has 2 amide bonds. The van der Waals surface area contributed by atoms with E-state index in [1.54, 1.807) is 24.5 Å². The zero-order valence-electron chi connectivity index (χ0n) is 18.3. The van der Waals surface area contributed by atoms with Crippen LogP contribution in [0.1, 0.15) is 12.8 Å². The first kappa shape index (κ1) is 24.4. The fourth-order valence-electron chi connectivity index (χ4n) is 3.60. The van der Waals surface area contributed by atoms with Crippen LogP contribution < -0.4 is 25.0 Å². The van der Waals surface area contributed by atoms with E-state index in [0.717, 1.165) is 6.07 Å². The van der Waals surface area contributed by atoms with Crippen molar-refractivity contribution in [2.75, 3.05) is 23.3 Å². The predicted molar refractivity (Wildman–Crippen MR) is 124 cm³/mol. The number of nitrogens with zero attached hydrogens (tertiary/aromatic N) is 3. The number of alkyl halides is 3. The molecule has 0 spiro atoms. The molecule has 1 fully saturated rings. The summed E-state index contributed by atoms with van der Waals surface area (Å²) in [5.74, 6) is -0.0278. The molecule has 1 aliphatic rings. The Morgan fingerprint density at radius 3 is 2.46 bits per heavy atom. The van der Waals surface area contributed by atoms with Crippen molar-refractivity contribution in [1.29, 1.82) is 0 Å². The Morgan fingerprint density at radius 1 is 1.03 bits per heavy atom. The highest BCUT2D eigenvalue weighted by atomic mass is 35.5. The van der Waals surface area contributed by atoms with Crippen LogP contribution in [0.2, 0.25) is 5.02 Å². The van der Waals surface area contributed by atoms with Crippen molar-refractivity contribution in [1.82, 2.24) is 15.3 Å². The molecule has 1 aromatic carbocycles. The highest BCUT2D eigenvalue weighted by Gasteiger charge is 2.32. The normalized spacial score (nSPS) is 14.3. The van der Waals surface area contributed by atoms with Crippen LogP contribution in [-0.4, -0.2) is 41.5 Å². The van der Waals surface area contributed by atoms with Crippen LogP contribution in [0.25, 0.3) is 0 Å². The van der Waals surface area contributed by atoms with Crippen LogP contribution in [0, 0.1) is 0 Å². The van der Waals surface area contributed by atoms with Crippen molar-refractivity contribution < 1.29 is 27.4 Å². The summed E-state index contributed by atoms with van der Waals surface area (Å²) < 4.78 is 47.8. The number of piperidine rings is 1. The van der Waals surface area contributed by atoms with Crippen LogP contribution in [0.15, 0.2) is 61.1 Å². The van der Waals surface area contributed by atoms with Gasteiger partial charge in [0.25, 0.3) is 0 Å². The second-order valence-corrected chi connectivity index (χ2v) is 8.02. The van der Waals surface area contributed by atoms with E-state index >= 15 is 0 Å². The number of pyridine rings is 2. The average Bonchev–Trinajstić information content (AvgIpc) is 2.82. The van der Waals surface area contributed by atoms with Crippen LogP contribution in [0.4, 0.5) is 29.5 Å². The van der Waals surface area contributed by atoms with Gasteiger partial charge in [-0.05, 0) is 37.1 Å². The van der Waals surface area contributed by atoms with Crippen LogP contribution in [0.3, 0.4) is 0 Å². The lowest BCUT2D eigenvalue weighted by Crippen LogP contribution is -2.46. The van der Waals surface area contributed by atoms with Gasteiger partial charge in [-0.15, -0.1) is 13.2 Å². The van der Waals surface area contributed by atoms with Crippen molar-refractivity contribution in [3.63, 3.8) is 0 Å². The van der Waals surface area contributed by atoms with Gasteiger partial charge >= 0.3 is 12.4 Å². The molecular weight excluding hydrogens is 487 g/mol. The third-order valence-corrected chi connectivity index (χ3v) is 5.53. The van der Waals surface area contributed by atoms with Gasteiger partial charge in [-0.2, -0.15) is 0 Å². The quantitative estimate of drug-likeness (QED) is 0.451. The van der Waals surface area contributed by atoms with E-state index in [1.807, 2.05) is 4.90 Å². The largest absolute Gasteiger partial charge is 0.573 e. The summed E-state index contributed by atoms with van der Waals surface area (Å²) in [6, 6.07) is 10.0. The standard InChI is InChI=1S/C23H21ClF3N5O3/c24-20-19(34-17-5-1-2-6-18(17)35-23(25,26)27)7-11-29-21(20)32-12-8-15(9-13-32)30-22(33)31-16-4-3-10-28-14-16/h1-7,10-11,14-15H,8-9,12-13H2,(H2,30,31,33). The molecule has 4 rings (SSSR count). The minimum Gasteiger partial charge on any atom is -0.452 e. The van der Waals surface area contributed by atoms with E-state index in [4.69, 9.17) is 16.3 Å². The van der Waals surface area contributed by atoms with E-state index < -0.39 is 12.1 Å². The monoisotopic (exact) mass is 507 g/mol. The number of hydrogen-bond acceptors (Lipinski definition) is 6. The number of benzene rings is 1. The van der Waals surface area contributed by atoms with E-state index in [-0.39, 0.29) is 28.6 Å². The SMILES string of the molecule is O=C(Nc1cccnc1)NC1CCN(c2nccc(Oc3ccccc3OC(F)(F)F)c2Cl)CC1. The number of anilines is 2. The van der Waals surface area contributed by atoms with E-state index in [1.165, 1.54) is 30.5 Å². The van der Waals surface area contributed by atoms with Gasteiger partial charge in [0.2, 0.25) is 0 Å². The van der Waals surface area contributed by atoms with Crippen molar-refractivity contribution in [3.8, 4) is 17.2 Å². The number of ether oxygens (including phenoxy) is 2. The molecule has 0 saturated carbocycles. The first-order chi connectivity index (χ1) is 16.8. The maximum atomic E-state index is 12.7. The predicted octanol–water partition coefficient (Wildman–Crippen LogP) is 5.61. The molecule has 2 aromatic heterocycles. The zero-order valence-corrected chi connectivity index (χ0v) is 19.0. The molecule has 0 aliphatic carbocycles. The maximum Gasteiger partial charge on any atom is 0.573 e. The number of para-hydroxylation sites is 2. The minimum absolute atomic E-state index is 0.0486. The lowest BCUT2D eigenvalue weighted by molar-refractivity contribution is -0.275. The minimum atomic E-state index is -4.86. The molecule has 0 unspecified atom stereocenters. The number of hydrogen-bond donors (Lipinski definition) is 2. The van der Waals surface area contributed by atoms with Crippen LogP contribution in [-0.2, 0) is 0 Å². The molecular formula is C23H21ClF3N5O3. The van der Waals surface area contributed by atoms with Gasteiger partial charge < -0.3 is 25.0 Å². The molecule has 1 aliphatic heterocycles. The molecule has 12 heteroatoms. The smallest absolute Gasteiger partial charge is 0.452 e. The molecule has 8 nitrogen and oxygen atoms in total. The lowest BCUT2D eigenvalue weighted by Gasteiger charge is -2.33. The Kier molecular flexibility index (Phi) is 7.45. The number of nitrogens with one attached hydrogen (secondary N) is 2. The first-order valence-electron chi connectivity index (χ1n) is 10.7. The Bertz CT molecular complexity index is 1160. The van der Waals surface area contributed by atoms with Crippen molar-refractivity contribution in [2.45, 2.75) is 25.2 Å². The maximum absolute atomic E-state index is 12.7. The van der Waals surface area contributed by atoms with E-state index in [2.05, 4.69) is 25.3 Å². The Labute approximate surface area is 204 Å². The topological polar surface area (TPSA) is 88.6 Å². The number of rotatable bonds is 6. The Morgan fingerprint density at radius 2 is 1.77 bits per heavy atom. The summed E-state index contributed by atoms with van der Waals surface area (Å²) in [6.45, 7) is 1.11. The summed E-state index contributed by atoms with van der Waals surface area (Å²) in [5, 5.41) is 5.83. The molecule has 1 saturated heterocycles. The number of carbonyl (C=O) groups is 1. The summed E-state index contributed by atoms with van der Waals surface area (Å²) >= 11 is 6.51. The van der Waals surface area contributed by atoms with Crippen LogP contribution >= 0.6 is 11.6 Å². The van der Waals surface area contributed by atoms with Crippen molar-refractivity contribution in [2.24, 2.45) is 0 Å². The number of carbonyl (C=O) groups excluding carboxylic acids is 1. The highest BCUT2D eigenvalue weighted by Crippen LogP contribution is 2.40. The summed E-state index contributed by atoms with van der Waals surface area (Å²) in [7, 11) is 0. The third kappa shape index (κ3) is 6.66. The molecule has 35 heavy (non-hydrogen) atoms. The second-order valence-electron chi connectivity index (χ2n) is 7.64. The summed E-state index contributed by atoms with van der Waals surface area (Å²) in [5.41, 5.74) is 0.595. The molecule has 0 atom stereocenters. The highest BCUT2D eigenvalue weighted by molar-refractivity contribution is 6.34. The van der Waals surface area contributed by atoms with E-state index in [0.29, 0.717) is 37.4 Å². The molecule has 3 heterocycles. The number of halogens is 4. The summed E-state index contributed by atoms with van der Waals surface area (Å²) in [6.07, 6.45) is 1.07. The van der Waals surface area contributed by atoms with Crippen LogP contribution in [0.5, 0.6) is 17.2 Å². The fraction of sp³-hybridized carbons (Fsp3) is 0.261. The van der Waals surface area contributed by atoms with Gasteiger partial charge in [0.1, 0.15) is 5.02 Å². The number of urea groups is 1. The summed E-state index contributed by atoms with van der Waals surface area (Å²) in [4.78, 5) is 22.4. The van der Waals surface area contributed by atoms with E-state index in [9.17, 15) is 18.0 Å². The van der Waals surface area contributed by atoms with Gasteiger partial charge in [-0.3, -0.25) is 4.98 Å². The lowest BCUT2D eigenvalue weighted by atomic mass is 10.1. The first-order valence-corrected chi connectivity index (χ1v) is 11.1. The molecule has 2 N–H and O–H groups in total. The molecule has 0 radical (unpaired) electrons. The number of aromatic nitrogens is 2. The van der Waals surface area contributed by atoms with Crippen molar-refractivity contribution in [3.05, 3.63) is 66.1 Å². The van der Waals surface area contributed by atoms with Gasteiger partial charge in [0.15, 0.2) is 23.1 Å².